The van der Waals surface area contributed by atoms with Crippen LogP contribution in [0.4, 0.5) is 0 Å². The number of halogens is 2. The molecule has 112 valence electrons. The molecule has 1 aliphatic rings. The van der Waals surface area contributed by atoms with Gasteiger partial charge in [0, 0.05) is 28.3 Å². The number of Topliss-reactive ketones (excluding diaryl/α,β-unsaturated/α-hetero) is 2. The van der Waals surface area contributed by atoms with Crippen LogP contribution in [0.1, 0.15) is 30.4 Å². The highest BCUT2D eigenvalue weighted by Gasteiger charge is 2.42. The molecule has 2 nitrogen and oxygen atoms in total. The van der Waals surface area contributed by atoms with E-state index in [1.165, 1.54) is 0 Å². The van der Waals surface area contributed by atoms with Crippen LogP contribution in [-0.2, 0) is 15.0 Å². The number of ketones is 2. The van der Waals surface area contributed by atoms with E-state index in [0.717, 1.165) is 11.1 Å². The molecule has 0 atom stereocenters. The lowest BCUT2D eigenvalue weighted by atomic mass is 9.64. The van der Waals surface area contributed by atoms with Gasteiger partial charge in [-0.15, -0.1) is 0 Å². The number of rotatable bonds is 2. The highest BCUT2D eigenvalue weighted by molar-refractivity contribution is 6.30. The van der Waals surface area contributed by atoms with Gasteiger partial charge in [0.15, 0.2) is 0 Å². The smallest absolute Gasteiger partial charge is 0.141 e. The minimum absolute atomic E-state index is 0.0267. The minimum atomic E-state index is -0.623. The highest BCUT2D eigenvalue weighted by Crippen LogP contribution is 2.43. The molecule has 0 heterocycles. The third kappa shape index (κ3) is 2.81. The Bertz CT molecular complexity index is 654. The molecule has 1 aliphatic carbocycles. The Labute approximate surface area is 139 Å². The van der Waals surface area contributed by atoms with Crippen molar-refractivity contribution in [2.45, 2.75) is 24.7 Å². The predicted molar refractivity (Wildman–Crippen MR) is 87.5 cm³/mol. The van der Waals surface area contributed by atoms with E-state index in [2.05, 4.69) is 0 Å². The van der Waals surface area contributed by atoms with Crippen molar-refractivity contribution in [3.05, 3.63) is 69.7 Å². The molecule has 0 N–H and O–H groups in total. The summed E-state index contributed by atoms with van der Waals surface area (Å²) in [6.45, 7) is 0. The largest absolute Gasteiger partial charge is 0.299 e. The number of carbonyl (C=O) groups excluding carboxylic acids is 2. The van der Waals surface area contributed by atoms with Crippen molar-refractivity contribution in [2.75, 3.05) is 0 Å². The molecule has 0 unspecified atom stereocenters. The molecular formula is C18H14Cl2O2. The van der Waals surface area contributed by atoms with Crippen LogP contribution in [-0.4, -0.2) is 11.6 Å². The van der Waals surface area contributed by atoms with Crippen molar-refractivity contribution in [3.63, 3.8) is 0 Å². The molecule has 2 aromatic rings. The quantitative estimate of drug-likeness (QED) is 0.753. The van der Waals surface area contributed by atoms with Gasteiger partial charge in [-0.25, -0.2) is 0 Å². The first-order chi connectivity index (χ1) is 10.5. The van der Waals surface area contributed by atoms with Crippen molar-refractivity contribution in [1.29, 1.82) is 0 Å². The van der Waals surface area contributed by atoms with Crippen molar-refractivity contribution < 1.29 is 9.59 Å². The van der Waals surface area contributed by atoms with Crippen molar-refractivity contribution in [2.24, 2.45) is 0 Å². The molecular weight excluding hydrogens is 319 g/mol. The summed E-state index contributed by atoms with van der Waals surface area (Å²) in [5, 5.41) is 1.26. The average molecular weight is 333 g/mol. The lowest BCUT2D eigenvalue weighted by Crippen LogP contribution is -2.38. The van der Waals surface area contributed by atoms with Gasteiger partial charge in [0.1, 0.15) is 11.6 Å². The first-order valence-electron chi connectivity index (χ1n) is 7.05. The van der Waals surface area contributed by atoms with E-state index in [-0.39, 0.29) is 18.0 Å². The summed E-state index contributed by atoms with van der Waals surface area (Å²) in [6, 6.07) is 14.7. The fraction of sp³-hybridized carbons (Fsp3) is 0.222. The Kier molecular flexibility index (Phi) is 4.07. The molecule has 1 fully saturated rings. The maximum Gasteiger partial charge on any atom is 0.141 e. The summed E-state index contributed by atoms with van der Waals surface area (Å²) >= 11 is 11.9. The van der Waals surface area contributed by atoms with E-state index in [1.54, 1.807) is 24.3 Å². The topological polar surface area (TPSA) is 34.1 Å². The summed E-state index contributed by atoms with van der Waals surface area (Å²) in [4.78, 5) is 24.2. The van der Waals surface area contributed by atoms with Gasteiger partial charge in [-0.05, 0) is 35.4 Å². The van der Waals surface area contributed by atoms with Crippen molar-refractivity contribution >= 4 is 34.8 Å². The zero-order valence-corrected chi connectivity index (χ0v) is 13.3. The lowest BCUT2D eigenvalue weighted by Gasteiger charge is -2.37. The monoisotopic (exact) mass is 332 g/mol. The van der Waals surface area contributed by atoms with Gasteiger partial charge in [0.2, 0.25) is 0 Å². The van der Waals surface area contributed by atoms with Gasteiger partial charge in [-0.1, -0.05) is 47.5 Å². The molecule has 0 spiro atoms. The van der Waals surface area contributed by atoms with Crippen molar-refractivity contribution in [1.82, 2.24) is 0 Å². The van der Waals surface area contributed by atoms with Crippen LogP contribution in [0, 0.1) is 0 Å². The molecule has 4 heteroatoms. The lowest BCUT2D eigenvalue weighted by molar-refractivity contribution is -0.131. The Hall–Kier alpha value is -1.64. The molecule has 0 amide bonds. The van der Waals surface area contributed by atoms with Gasteiger partial charge >= 0.3 is 0 Å². The van der Waals surface area contributed by atoms with Crippen LogP contribution in [0.25, 0.3) is 0 Å². The average Bonchev–Trinajstić information content (AvgIpc) is 2.47. The maximum absolute atomic E-state index is 12.1. The molecule has 0 saturated heterocycles. The summed E-state index contributed by atoms with van der Waals surface area (Å²) in [6.07, 6.45) is 0.674. The van der Waals surface area contributed by atoms with Crippen LogP contribution in [0.5, 0.6) is 0 Å². The summed E-state index contributed by atoms with van der Waals surface area (Å²) < 4.78 is 0. The van der Waals surface area contributed by atoms with E-state index >= 15 is 0 Å². The SMILES string of the molecule is O=C1CC(=O)CC(c2ccc(Cl)cc2)(c2ccc(Cl)cc2)C1. The number of benzene rings is 2. The molecule has 0 aromatic heterocycles. The molecule has 1 saturated carbocycles. The Morgan fingerprint density at radius 2 is 1.05 bits per heavy atom. The summed E-state index contributed by atoms with van der Waals surface area (Å²) in [5.74, 6) is -0.0534. The summed E-state index contributed by atoms with van der Waals surface area (Å²) in [5.41, 5.74) is 1.24. The third-order valence-corrected chi connectivity index (χ3v) is 4.69. The van der Waals surface area contributed by atoms with Crippen LogP contribution >= 0.6 is 23.2 Å². The van der Waals surface area contributed by atoms with Crippen LogP contribution in [0.2, 0.25) is 10.0 Å². The predicted octanol–water partition coefficient (Wildman–Crippen LogP) is 4.60. The van der Waals surface area contributed by atoms with E-state index in [0.29, 0.717) is 22.9 Å². The zero-order valence-electron chi connectivity index (χ0n) is 11.8. The molecule has 22 heavy (non-hydrogen) atoms. The molecule has 3 rings (SSSR count). The second kappa shape index (κ2) is 5.86. The van der Waals surface area contributed by atoms with Gasteiger partial charge in [0.25, 0.3) is 0 Å². The number of carbonyl (C=O) groups is 2. The highest BCUT2D eigenvalue weighted by atomic mass is 35.5. The molecule has 0 bridgehead atoms. The maximum atomic E-state index is 12.1. The zero-order chi connectivity index (χ0) is 15.7. The molecule has 0 radical (unpaired) electrons. The van der Waals surface area contributed by atoms with Crippen LogP contribution in [0.3, 0.4) is 0 Å². The first-order valence-corrected chi connectivity index (χ1v) is 7.81. The first kappa shape index (κ1) is 15.3. The number of hydrogen-bond acceptors (Lipinski definition) is 2. The van der Waals surface area contributed by atoms with E-state index in [1.807, 2.05) is 24.3 Å². The fourth-order valence-corrected chi connectivity index (χ4v) is 3.45. The summed E-state index contributed by atoms with van der Waals surface area (Å²) in [7, 11) is 0. The molecule has 0 aliphatic heterocycles. The van der Waals surface area contributed by atoms with Gasteiger partial charge in [-0.2, -0.15) is 0 Å². The van der Waals surface area contributed by atoms with Crippen molar-refractivity contribution in [3.8, 4) is 0 Å². The number of hydrogen-bond donors (Lipinski definition) is 0. The van der Waals surface area contributed by atoms with E-state index < -0.39 is 5.41 Å². The Balaban J connectivity index is 2.17. The second-order valence-corrected chi connectivity index (χ2v) is 6.58. The van der Waals surface area contributed by atoms with E-state index in [4.69, 9.17) is 23.2 Å². The van der Waals surface area contributed by atoms with E-state index in [9.17, 15) is 9.59 Å². The van der Waals surface area contributed by atoms with Gasteiger partial charge in [-0.3, -0.25) is 9.59 Å². The van der Waals surface area contributed by atoms with Gasteiger partial charge in [0.05, 0.1) is 6.42 Å². The van der Waals surface area contributed by atoms with Crippen LogP contribution in [0.15, 0.2) is 48.5 Å². The Morgan fingerprint density at radius 1 is 0.682 bits per heavy atom. The Morgan fingerprint density at radius 3 is 1.41 bits per heavy atom. The van der Waals surface area contributed by atoms with Crippen LogP contribution < -0.4 is 0 Å². The van der Waals surface area contributed by atoms with Gasteiger partial charge < -0.3 is 0 Å². The molecule has 2 aromatic carbocycles. The fourth-order valence-electron chi connectivity index (χ4n) is 3.19. The normalized spacial score (nSPS) is 17.5. The minimum Gasteiger partial charge on any atom is -0.299 e. The second-order valence-electron chi connectivity index (χ2n) is 5.70. The third-order valence-electron chi connectivity index (χ3n) is 4.19. The standard InChI is InChI=1S/C18H14Cl2O2/c19-14-5-1-12(2-6-14)18(10-16(21)9-17(22)11-18)13-3-7-15(20)8-4-13/h1-8H,9-11H2.